The molecule has 0 fully saturated rings. The van der Waals surface area contributed by atoms with Crippen molar-refractivity contribution in [2.75, 3.05) is 22.9 Å². The van der Waals surface area contributed by atoms with Gasteiger partial charge < -0.3 is 16.4 Å². The summed E-state index contributed by atoms with van der Waals surface area (Å²) in [5.74, 6) is -1.38. The van der Waals surface area contributed by atoms with Crippen LogP contribution in [0.5, 0.6) is 0 Å². The Hall–Kier alpha value is -3.01. The van der Waals surface area contributed by atoms with Crippen LogP contribution in [0.15, 0.2) is 24.4 Å². The van der Waals surface area contributed by atoms with Crippen LogP contribution in [0.25, 0.3) is 10.6 Å². The summed E-state index contributed by atoms with van der Waals surface area (Å²) in [6.07, 6.45) is 2.48. The third-order valence-electron chi connectivity index (χ3n) is 3.97. The van der Waals surface area contributed by atoms with Crippen molar-refractivity contribution >= 4 is 33.8 Å². The fourth-order valence-corrected chi connectivity index (χ4v) is 3.63. The number of carbonyl (C=O) groups excluding carboxylic acids is 1. The Balaban J connectivity index is 1.63. The summed E-state index contributed by atoms with van der Waals surface area (Å²) in [6, 6.07) is 3.51. The monoisotopic (exact) mass is 376 g/mol. The molecule has 2 aromatic heterocycles. The number of aryl methyl sites for hydroxylation is 1. The number of rotatable bonds is 3. The van der Waals surface area contributed by atoms with Gasteiger partial charge in [0.1, 0.15) is 33.1 Å². The van der Waals surface area contributed by atoms with Crippen LogP contribution < -0.4 is 16.4 Å². The summed E-state index contributed by atoms with van der Waals surface area (Å²) in [6.45, 7) is 1.54. The van der Waals surface area contributed by atoms with Crippen molar-refractivity contribution < 1.29 is 13.6 Å². The smallest absolute Gasteiger partial charge is 0.277 e. The molecule has 0 spiro atoms. The third-order valence-corrected chi connectivity index (χ3v) is 4.87. The van der Waals surface area contributed by atoms with Crippen LogP contribution in [0.3, 0.4) is 0 Å². The maximum atomic E-state index is 13.9. The van der Waals surface area contributed by atoms with E-state index in [1.165, 1.54) is 12.3 Å². The van der Waals surface area contributed by atoms with E-state index in [0.29, 0.717) is 11.5 Å². The quantitative estimate of drug-likeness (QED) is 0.653. The molecule has 0 bridgehead atoms. The normalized spacial score (nSPS) is 13.2. The number of carbonyl (C=O) groups is 1. The van der Waals surface area contributed by atoms with Crippen molar-refractivity contribution in [1.29, 1.82) is 0 Å². The van der Waals surface area contributed by atoms with Gasteiger partial charge in [0.15, 0.2) is 5.69 Å². The van der Waals surface area contributed by atoms with E-state index in [4.69, 9.17) is 5.73 Å². The summed E-state index contributed by atoms with van der Waals surface area (Å²) >= 11 is 0.855. The summed E-state index contributed by atoms with van der Waals surface area (Å²) < 4.78 is 29.6. The second-order valence-electron chi connectivity index (χ2n) is 5.69. The van der Waals surface area contributed by atoms with Crippen LogP contribution in [-0.4, -0.2) is 27.2 Å². The molecule has 0 aliphatic carbocycles. The van der Waals surface area contributed by atoms with Gasteiger partial charge in [0, 0.05) is 13.1 Å². The number of nitrogens with zero attached hydrogens (tertiary/aromatic N) is 3. The lowest BCUT2D eigenvalue weighted by molar-refractivity contribution is 0.102. The number of halogens is 2. The van der Waals surface area contributed by atoms with Crippen molar-refractivity contribution in [3.05, 3.63) is 41.7 Å². The van der Waals surface area contributed by atoms with E-state index in [2.05, 4.69) is 20.7 Å². The highest BCUT2D eigenvalue weighted by molar-refractivity contribution is 7.19. The number of benzene rings is 1. The Kier molecular flexibility index (Phi) is 4.03. The van der Waals surface area contributed by atoms with Crippen molar-refractivity contribution in [1.82, 2.24) is 14.8 Å². The number of thiazole rings is 1. The molecular weight excluding hydrogens is 362 g/mol. The Morgan fingerprint density at radius 3 is 2.88 bits per heavy atom. The number of nitrogen functional groups attached to an aromatic ring is 1. The molecule has 4 rings (SSSR count). The molecule has 0 saturated heterocycles. The highest BCUT2D eigenvalue weighted by Crippen LogP contribution is 2.34. The van der Waals surface area contributed by atoms with Crippen LogP contribution in [0, 0.1) is 11.6 Å². The molecule has 0 saturated carbocycles. The predicted octanol–water partition coefficient (Wildman–Crippen LogP) is 2.93. The van der Waals surface area contributed by atoms with Crippen LogP contribution >= 0.6 is 11.3 Å². The van der Waals surface area contributed by atoms with E-state index in [9.17, 15) is 13.6 Å². The van der Waals surface area contributed by atoms with Crippen molar-refractivity contribution in [2.24, 2.45) is 0 Å². The minimum Gasteiger partial charge on any atom is -0.389 e. The van der Waals surface area contributed by atoms with Crippen LogP contribution in [0.2, 0.25) is 0 Å². The first-order valence-corrected chi connectivity index (χ1v) is 8.68. The summed E-state index contributed by atoms with van der Waals surface area (Å²) in [5, 5.41) is 10.1. The lowest BCUT2D eigenvalue weighted by Crippen LogP contribution is -2.20. The van der Waals surface area contributed by atoms with Gasteiger partial charge in [-0.05, 0) is 18.6 Å². The number of anilines is 3. The van der Waals surface area contributed by atoms with Gasteiger partial charge in [0.25, 0.3) is 5.91 Å². The molecule has 1 amide bonds. The van der Waals surface area contributed by atoms with Gasteiger partial charge in [-0.15, -0.1) is 0 Å². The molecule has 0 radical (unpaired) electrons. The van der Waals surface area contributed by atoms with Crippen LogP contribution in [0.4, 0.5) is 25.3 Å². The first-order chi connectivity index (χ1) is 12.5. The number of nitrogens with two attached hydrogens (primary N) is 1. The van der Waals surface area contributed by atoms with Gasteiger partial charge in [-0.2, -0.15) is 5.10 Å². The SMILES string of the molecule is Nc1sc(-c2c(F)cccc2F)nc1C(=O)Nc1cnn2c1NCCC2. The maximum Gasteiger partial charge on any atom is 0.277 e. The van der Waals surface area contributed by atoms with Crippen LogP contribution in [-0.2, 0) is 6.54 Å². The van der Waals surface area contributed by atoms with Gasteiger partial charge >= 0.3 is 0 Å². The molecule has 7 nitrogen and oxygen atoms in total. The number of aromatic nitrogens is 3. The molecule has 10 heteroatoms. The third kappa shape index (κ3) is 2.77. The molecule has 0 unspecified atom stereocenters. The van der Waals surface area contributed by atoms with Crippen molar-refractivity contribution in [3.8, 4) is 10.6 Å². The van der Waals surface area contributed by atoms with E-state index in [1.807, 2.05) is 0 Å². The first kappa shape index (κ1) is 16.5. The highest BCUT2D eigenvalue weighted by Gasteiger charge is 2.23. The summed E-state index contributed by atoms with van der Waals surface area (Å²) in [5.41, 5.74) is 5.98. The molecule has 0 atom stereocenters. The van der Waals surface area contributed by atoms with E-state index in [0.717, 1.165) is 43.0 Å². The van der Waals surface area contributed by atoms with Gasteiger partial charge in [-0.1, -0.05) is 17.4 Å². The number of amides is 1. The molecule has 1 aliphatic heterocycles. The zero-order chi connectivity index (χ0) is 18.3. The molecule has 26 heavy (non-hydrogen) atoms. The van der Waals surface area contributed by atoms with Gasteiger partial charge in [0.05, 0.1) is 11.8 Å². The lowest BCUT2D eigenvalue weighted by atomic mass is 10.2. The van der Waals surface area contributed by atoms with Gasteiger partial charge in [0.2, 0.25) is 0 Å². The molecule has 3 aromatic rings. The second kappa shape index (κ2) is 6.37. The van der Waals surface area contributed by atoms with Gasteiger partial charge in [-0.3, -0.25) is 4.79 Å². The van der Waals surface area contributed by atoms with Crippen molar-refractivity contribution in [3.63, 3.8) is 0 Å². The number of nitrogens with one attached hydrogen (secondary N) is 2. The largest absolute Gasteiger partial charge is 0.389 e. The Morgan fingerprint density at radius 1 is 1.35 bits per heavy atom. The molecule has 4 N–H and O–H groups in total. The zero-order valence-corrected chi connectivity index (χ0v) is 14.2. The maximum absolute atomic E-state index is 13.9. The number of hydrogen-bond donors (Lipinski definition) is 3. The lowest BCUT2D eigenvalue weighted by Gasteiger charge is -2.16. The second-order valence-corrected chi connectivity index (χ2v) is 6.72. The minimum absolute atomic E-state index is 0.0124. The average Bonchev–Trinajstić information content (AvgIpc) is 3.19. The fraction of sp³-hybridized carbons (Fsp3) is 0.188. The number of hydrogen-bond acceptors (Lipinski definition) is 6. The summed E-state index contributed by atoms with van der Waals surface area (Å²) in [7, 11) is 0. The van der Waals surface area contributed by atoms with E-state index >= 15 is 0 Å². The first-order valence-electron chi connectivity index (χ1n) is 7.86. The molecule has 134 valence electrons. The molecule has 1 aliphatic rings. The molecule has 1 aromatic carbocycles. The summed E-state index contributed by atoms with van der Waals surface area (Å²) in [4.78, 5) is 16.6. The Bertz CT molecular complexity index is 979. The topological polar surface area (TPSA) is 97.9 Å². The fourth-order valence-electron chi connectivity index (χ4n) is 2.75. The highest BCUT2D eigenvalue weighted by atomic mass is 32.1. The average molecular weight is 376 g/mol. The number of fused-ring (bicyclic) bond motifs is 1. The van der Waals surface area contributed by atoms with E-state index in [1.54, 1.807) is 4.68 Å². The zero-order valence-electron chi connectivity index (χ0n) is 13.4. The minimum atomic E-state index is -0.763. The molecule has 3 heterocycles. The Morgan fingerprint density at radius 2 is 2.12 bits per heavy atom. The molecular formula is C16H14F2N6OS. The van der Waals surface area contributed by atoms with E-state index < -0.39 is 17.5 Å². The van der Waals surface area contributed by atoms with Gasteiger partial charge in [-0.25, -0.2) is 18.4 Å². The van der Waals surface area contributed by atoms with Crippen LogP contribution in [0.1, 0.15) is 16.9 Å². The van der Waals surface area contributed by atoms with Crippen molar-refractivity contribution in [2.45, 2.75) is 13.0 Å². The Labute approximate surface area is 150 Å². The van der Waals surface area contributed by atoms with E-state index in [-0.39, 0.29) is 21.3 Å². The predicted molar refractivity (Wildman–Crippen MR) is 95.2 cm³/mol. The standard InChI is InChI=1S/C16H14F2N6OS/c17-8-3-1-4-9(18)11(8)16-23-12(13(19)26-16)15(25)22-10-7-21-24-6-2-5-20-14(10)24/h1,3-4,7,20H,2,5-6,19H2,(H,22,25).